The van der Waals surface area contributed by atoms with Crippen LogP contribution in [0.5, 0.6) is 0 Å². The summed E-state index contributed by atoms with van der Waals surface area (Å²) in [5.74, 6) is 1.14. The van der Waals surface area contributed by atoms with Crippen molar-refractivity contribution in [1.29, 1.82) is 0 Å². The highest BCUT2D eigenvalue weighted by molar-refractivity contribution is 5.54. The number of rotatable bonds is 6. The lowest BCUT2D eigenvalue weighted by atomic mass is 10.2. The van der Waals surface area contributed by atoms with Crippen molar-refractivity contribution in [2.24, 2.45) is 0 Å². The molecule has 3 rings (SSSR count). The Balaban J connectivity index is 1.69. The second-order valence-corrected chi connectivity index (χ2v) is 6.18. The molecule has 1 saturated heterocycles. The number of aryl methyl sites for hydroxylation is 1. The highest BCUT2D eigenvalue weighted by atomic mass is 16.5. The summed E-state index contributed by atoms with van der Waals surface area (Å²) >= 11 is 0. The van der Waals surface area contributed by atoms with Crippen LogP contribution in [0.15, 0.2) is 24.3 Å². The van der Waals surface area contributed by atoms with Gasteiger partial charge in [-0.05, 0) is 31.5 Å². The van der Waals surface area contributed by atoms with Crippen molar-refractivity contribution in [3.63, 3.8) is 0 Å². The van der Waals surface area contributed by atoms with Gasteiger partial charge in [0.15, 0.2) is 0 Å². The van der Waals surface area contributed by atoms with Crippen molar-refractivity contribution in [1.82, 2.24) is 19.9 Å². The van der Waals surface area contributed by atoms with E-state index < -0.39 is 6.10 Å². The molecule has 0 amide bonds. The predicted octanol–water partition coefficient (Wildman–Crippen LogP) is 1.09. The molecule has 0 radical (unpaired) electrons. The third kappa shape index (κ3) is 4.62. The Morgan fingerprint density at radius 3 is 2.92 bits per heavy atom. The third-order valence-electron chi connectivity index (χ3n) is 4.03. The van der Waals surface area contributed by atoms with Gasteiger partial charge >= 0.3 is 0 Å². The van der Waals surface area contributed by atoms with E-state index in [-0.39, 0.29) is 12.1 Å². The van der Waals surface area contributed by atoms with E-state index in [0.717, 1.165) is 11.3 Å². The zero-order valence-corrected chi connectivity index (χ0v) is 14.5. The summed E-state index contributed by atoms with van der Waals surface area (Å²) < 4.78 is 5.54. The second kappa shape index (κ2) is 7.73. The minimum atomic E-state index is -0.496. The van der Waals surface area contributed by atoms with Crippen LogP contribution < -0.4 is 11.1 Å². The van der Waals surface area contributed by atoms with E-state index in [2.05, 4.69) is 25.2 Å². The molecule has 2 heterocycles. The van der Waals surface area contributed by atoms with Crippen LogP contribution in [0.1, 0.15) is 18.3 Å². The third-order valence-corrected chi connectivity index (χ3v) is 4.03. The van der Waals surface area contributed by atoms with Crippen LogP contribution in [0.4, 0.5) is 17.6 Å². The molecule has 8 nitrogen and oxygen atoms in total. The van der Waals surface area contributed by atoms with E-state index in [0.29, 0.717) is 38.0 Å². The van der Waals surface area contributed by atoms with Crippen molar-refractivity contribution in [2.45, 2.75) is 32.6 Å². The number of aliphatic hydroxyl groups excluding tert-OH is 1. The molecule has 2 atom stereocenters. The fourth-order valence-electron chi connectivity index (χ4n) is 2.96. The Labute approximate surface area is 147 Å². The summed E-state index contributed by atoms with van der Waals surface area (Å²) in [7, 11) is 0. The number of hydrogen-bond acceptors (Lipinski definition) is 8. The molecular weight excluding hydrogens is 320 g/mol. The second-order valence-electron chi connectivity index (χ2n) is 6.18. The molecule has 1 aliphatic rings. The maximum atomic E-state index is 10.0. The van der Waals surface area contributed by atoms with Crippen molar-refractivity contribution in [2.75, 3.05) is 30.7 Å². The normalized spacial score (nSPS) is 20.8. The number of ether oxygens (including phenoxy) is 1. The van der Waals surface area contributed by atoms with Crippen LogP contribution >= 0.6 is 0 Å². The first-order chi connectivity index (χ1) is 12.0. The van der Waals surface area contributed by atoms with Gasteiger partial charge < -0.3 is 20.9 Å². The minimum absolute atomic E-state index is 0.168. The number of hydrogen-bond donors (Lipinski definition) is 3. The van der Waals surface area contributed by atoms with Gasteiger partial charge in [-0.3, -0.25) is 4.90 Å². The first kappa shape index (κ1) is 17.5. The van der Waals surface area contributed by atoms with E-state index in [1.165, 1.54) is 0 Å². The van der Waals surface area contributed by atoms with Gasteiger partial charge in [-0.15, -0.1) is 0 Å². The molecule has 0 saturated carbocycles. The summed E-state index contributed by atoms with van der Waals surface area (Å²) in [4.78, 5) is 14.8. The summed E-state index contributed by atoms with van der Waals surface area (Å²) in [6.07, 6.45) is -0.668. The summed E-state index contributed by atoms with van der Waals surface area (Å²) in [6.45, 7) is 6.17. The largest absolute Gasteiger partial charge is 0.389 e. The topological polar surface area (TPSA) is 109 Å². The molecule has 0 aliphatic carbocycles. The van der Waals surface area contributed by atoms with Crippen LogP contribution in [0.2, 0.25) is 0 Å². The average molecular weight is 344 g/mol. The van der Waals surface area contributed by atoms with Crippen molar-refractivity contribution >= 4 is 17.6 Å². The molecule has 0 spiro atoms. The first-order valence-corrected chi connectivity index (χ1v) is 8.39. The van der Waals surface area contributed by atoms with Gasteiger partial charge in [0.2, 0.25) is 11.9 Å². The maximum Gasteiger partial charge on any atom is 0.232 e. The van der Waals surface area contributed by atoms with Crippen LogP contribution in [-0.2, 0) is 11.3 Å². The molecule has 1 aliphatic heterocycles. The number of aliphatic hydroxyl groups is 1. The van der Waals surface area contributed by atoms with Crippen molar-refractivity contribution in [3.05, 3.63) is 35.7 Å². The molecule has 0 unspecified atom stereocenters. The number of β-amino-alcohol motifs (C(OH)–C–C–N with tert-alkyl or cyclic N) is 1. The number of benzene rings is 1. The quantitative estimate of drug-likeness (QED) is 0.714. The standard InChI is InChI=1S/C17H24N6O2/c1-3-25-14-9-23(8-13(14)24)10-15-20-16(18)22-17(21-15)19-12-6-4-5-11(2)7-12/h4-7,13-14,24H,3,8-10H2,1-2H3,(H3,18,19,20,21,22)/t13-,14-/m0/s1. The van der Waals surface area contributed by atoms with Crippen LogP contribution in [0.25, 0.3) is 0 Å². The smallest absolute Gasteiger partial charge is 0.232 e. The number of likely N-dealkylation sites (tertiary alicyclic amines) is 1. The molecule has 4 N–H and O–H groups in total. The van der Waals surface area contributed by atoms with E-state index in [1.807, 2.05) is 38.1 Å². The predicted molar refractivity (Wildman–Crippen MR) is 95.4 cm³/mol. The van der Waals surface area contributed by atoms with Gasteiger partial charge in [-0.25, -0.2) is 0 Å². The molecule has 134 valence electrons. The number of nitrogens with zero attached hydrogens (tertiary/aromatic N) is 4. The molecule has 1 aromatic heterocycles. The first-order valence-electron chi connectivity index (χ1n) is 8.39. The SMILES string of the molecule is CCO[C@H]1CN(Cc2nc(N)nc(Nc3cccc(C)c3)n2)C[C@@H]1O. The van der Waals surface area contributed by atoms with Crippen molar-refractivity contribution in [3.8, 4) is 0 Å². The number of nitrogens with one attached hydrogen (secondary N) is 1. The van der Waals surface area contributed by atoms with Gasteiger partial charge in [-0.2, -0.15) is 15.0 Å². The summed E-state index contributed by atoms with van der Waals surface area (Å²) in [6, 6.07) is 7.92. The average Bonchev–Trinajstić information content (AvgIpc) is 2.86. The van der Waals surface area contributed by atoms with Crippen LogP contribution in [0, 0.1) is 6.92 Å². The Bertz CT molecular complexity index is 726. The van der Waals surface area contributed by atoms with Gasteiger partial charge in [-0.1, -0.05) is 12.1 Å². The Hall–Kier alpha value is -2.29. The number of aromatic nitrogens is 3. The Kier molecular flexibility index (Phi) is 5.42. The van der Waals surface area contributed by atoms with E-state index in [1.54, 1.807) is 0 Å². The lowest BCUT2D eigenvalue weighted by molar-refractivity contribution is -0.00245. The molecule has 1 fully saturated rings. The lowest BCUT2D eigenvalue weighted by Crippen LogP contribution is -2.26. The maximum absolute atomic E-state index is 10.0. The van der Waals surface area contributed by atoms with Gasteiger partial charge in [0, 0.05) is 25.4 Å². The highest BCUT2D eigenvalue weighted by Crippen LogP contribution is 2.18. The van der Waals surface area contributed by atoms with Crippen LogP contribution in [-0.4, -0.2) is 56.9 Å². The Morgan fingerprint density at radius 1 is 1.32 bits per heavy atom. The van der Waals surface area contributed by atoms with E-state index >= 15 is 0 Å². The fourth-order valence-corrected chi connectivity index (χ4v) is 2.96. The Morgan fingerprint density at radius 2 is 2.16 bits per heavy atom. The van der Waals surface area contributed by atoms with Gasteiger partial charge in [0.25, 0.3) is 0 Å². The molecular formula is C17H24N6O2. The fraction of sp³-hybridized carbons (Fsp3) is 0.471. The molecule has 8 heteroatoms. The molecule has 2 aromatic rings. The van der Waals surface area contributed by atoms with Crippen LogP contribution in [0.3, 0.4) is 0 Å². The zero-order chi connectivity index (χ0) is 17.8. The summed E-state index contributed by atoms with van der Waals surface area (Å²) in [5.41, 5.74) is 7.86. The van der Waals surface area contributed by atoms with Gasteiger partial charge in [0.1, 0.15) is 5.82 Å². The lowest BCUT2D eigenvalue weighted by Gasteiger charge is -2.15. The molecule has 25 heavy (non-hydrogen) atoms. The number of nitrogens with two attached hydrogens (primary N) is 1. The molecule has 1 aromatic carbocycles. The number of nitrogen functional groups attached to an aromatic ring is 1. The van der Waals surface area contributed by atoms with Crippen molar-refractivity contribution < 1.29 is 9.84 Å². The zero-order valence-electron chi connectivity index (χ0n) is 14.5. The van der Waals surface area contributed by atoms with E-state index in [4.69, 9.17) is 10.5 Å². The summed E-state index contributed by atoms with van der Waals surface area (Å²) in [5, 5.41) is 13.2. The highest BCUT2D eigenvalue weighted by Gasteiger charge is 2.32. The number of anilines is 3. The monoisotopic (exact) mass is 344 g/mol. The minimum Gasteiger partial charge on any atom is -0.389 e. The van der Waals surface area contributed by atoms with E-state index in [9.17, 15) is 5.11 Å². The molecule has 0 bridgehead atoms. The van der Waals surface area contributed by atoms with Gasteiger partial charge in [0.05, 0.1) is 18.8 Å².